The number of hydrogen-bond acceptors (Lipinski definition) is 5. The fraction of sp³-hybridized carbons (Fsp3) is 0.0435. The summed E-state index contributed by atoms with van der Waals surface area (Å²) in [6, 6.07) is 21.3. The van der Waals surface area contributed by atoms with E-state index in [0.29, 0.717) is 23.6 Å². The third kappa shape index (κ3) is 6.28. The number of ether oxygens (including phenoxy) is 1. The number of anilines is 1. The zero-order chi connectivity index (χ0) is 22.1. The van der Waals surface area contributed by atoms with E-state index in [1.165, 1.54) is 42.6 Å². The van der Waals surface area contributed by atoms with Crippen LogP contribution in [0.5, 0.6) is 5.75 Å². The molecule has 3 aromatic carbocycles. The van der Waals surface area contributed by atoms with E-state index in [2.05, 4.69) is 21.8 Å². The fourth-order valence-corrected chi connectivity index (χ4v) is 3.62. The molecule has 0 spiro atoms. The van der Waals surface area contributed by atoms with Crippen molar-refractivity contribution in [3.05, 3.63) is 103 Å². The summed E-state index contributed by atoms with van der Waals surface area (Å²) < 4.78 is 32.6. The summed E-state index contributed by atoms with van der Waals surface area (Å²) in [5.74, 6) is 0.295. The molecule has 0 aliphatic carbocycles. The smallest absolute Gasteiger partial charge is 0.271 e. The number of sulfonamides is 1. The van der Waals surface area contributed by atoms with Gasteiger partial charge in [0.25, 0.3) is 15.9 Å². The molecule has 0 saturated heterocycles. The first-order valence-corrected chi connectivity index (χ1v) is 10.8. The molecular formula is C23H21N3O4S. The highest BCUT2D eigenvalue weighted by Crippen LogP contribution is 2.16. The third-order valence-electron chi connectivity index (χ3n) is 4.08. The summed E-state index contributed by atoms with van der Waals surface area (Å²) in [5, 5.41) is 3.94. The van der Waals surface area contributed by atoms with Crippen molar-refractivity contribution in [1.82, 2.24) is 5.43 Å². The van der Waals surface area contributed by atoms with Gasteiger partial charge in [-0.3, -0.25) is 9.52 Å². The number of amides is 1. The number of carbonyl (C=O) groups is 1. The lowest BCUT2D eigenvalue weighted by atomic mass is 10.2. The van der Waals surface area contributed by atoms with E-state index >= 15 is 0 Å². The van der Waals surface area contributed by atoms with E-state index in [4.69, 9.17) is 4.74 Å². The summed E-state index contributed by atoms with van der Waals surface area (Å²) in [5.41, 5.74) is 3.92. The molecule has 158 valence electrons. The van der Waals surface area contributed by atoms with Crippen LogP contribution >= 0.6 is 0 Å². The van der Waals surface area contributed by atoms with Gasteiger partial charge in [-0.15, -0.1) is 0 Å². The first-order valence-electron chi connectivity index (χ1n) is 9.33. The summed E-state index contributed by atoms with van der Waals surface area (Å²) >= 11 is 0. The molecule has 3 rings (SSSR count). The van der Waals surface area contributed by atoms with Crippen molar-refractivity contribution >= 4 is 27.8 Å². The Morgan fingerprint density at radius 2 is 1.65 bits per heavy atom. The Kier molecular flexibility index (Phi) is 7.18. The first kappa shape index (κ1) is 21.8. The Labute approximate surface area is 181 Å². The molecule has 0 saturated carbocycles. The van der Waals surface area contributed by atoms with Gasteiger partial charge in [0.1, 0.15) is 12.4 Å². The Morgan fingerprint density at radius 1 is 0.968 bits per heavy atom. The van der Waals surface area contributed by atoms with Gasteiger partial charge < -0.3 is 4.74 Å². The van der Waals surface area contributed by atoms with Gasteiger partial charge in [-0.05, 0) is 66.2 Å². The molecule has 0 unspecified atom stereocenters. The van der Waals surface area contributed by atoms with Crippen LogP contribution in [0.4, 0.5) is 5.69 Å². The van der Waals surface area contributed by atoms with Crippen molar-refractivity contribution in [2.45, 2.75) is 4.90 Å². The van der Waals surface area contributed by atoms with Gasteiger partial charge in [0.15, 0.2) is 0 Å². The van der Waals surface area contributed by atoms with E-state index in [-0.39, 0.29) is 4.90 Å². The van der Waals surface area contributed by atoms with Crippen molar-refractivity contribution in [2.24, 2.45) is 5.10 Å². The quantitative estimate of drug-likeness (QED) is 0.303. The lowest BCUT2D eigenvalue weighted by Crippen LogP contribution is -2.18. The average molecular weight is 436 g/mol. The molecule has 8 heteroatoms. The minimum Gasteiger partial charge on any atom is -0.490 e. The van der Waals surface area contributed by atoms with Crippen LogP contribution in [0.3, 0.4) is 0 Å². The van der Waals surface area contributed by atoms with Crippen LogP contribution in [-0.4, -0.2) is 27.1 Å². The van der Waals surface area contributed by atoms with Crippen LogP contribution in [0.1, 0.15) is 15.9 Å². The highest BCUT2D eigenvalue weighted by Gasteiger charge is 2.13. The van der Waals surface area contributed by atoms with Crippen LogP contribution in [0, 0.1) is 0 Å². The third-order valence-corrected chi connectivity index (χ3v) is 5.48. The Morgan fingerprint density at radius 3 is 2.29 bits per heavy atom. The summed E-state index contributed by atoms with van der Waals surface area (Å²) in [6.45, 7) is 4.02. The van der Waals surface area contributed by atoms with E-state index < -0.39 is 15.9 Å². The van der Waals surface area contributed by atoms with Crippen LogP contribution in [0.15, 0.2) is 102 Å². The zero-order valence-corrected chi connectivity index (χ0v) is 17.4. The Balaban J connectivity index is 1.56. The molecule has 0 heterocycles. The second-order valence-electron chi connectivity index (χ2n) is 6.36. The van der Waals surface area contributed by atoms with Gasteiger partial charge >= 0.3 is 0 Å². The molecule has 1 amide bonds. The summed E-state index contributed by atoms with van der Waals surface area (Å²) in [6.07, 6.45) is 3.17. The summed E-state index contributed by atoms with van der Waals surface area (Å²) in [7, 11) is -3.69. The van der Waals surface area contributed by atoms with E-state index in [1.807, 2.05) is 12.1 Å². The van der Waals surface area contributed by atoms with E-state index in [0.717, 1.165) is 5.56 Å². The number of nitrogens with zero attached hydrogens (tertiary/aromatic N) is 1. The molecular weight excluding hydrogens is 414 g/mol. The molecule has 0 aromatic heterocycles. The maximum absolute atomic E-state index is 12.3. The lowest BCUT2D eigenvalue weighted by Gasteiger charge is -2.08. The molecule has 0 atom stereocenters. The number of hydrazone groups is 1. The zero-order valence-electron chi connectivity index (χ0n) is 16.6. The molecule has 31 heavy (non-hydrogen) atoms. The van der Waals surface area contributed by atoms with Crippen molar-refractivity contribution in [2.75, 3.05) is 11.3 Å². The van der Waals surface area contributed by atoms with Crippen molar-refractivity contribution in [3.63, 3.8) is 0 Å². The predicted molar refractivity (Wildman–Crippen MR) is 121 cm³/mol. The van der Waals surface area contributed by atoms with E-state index in [1.54, 1.807) is 36.4 Å². The predicted octanol–water partition coefficient (Wildman–Crippen LogP) is 3.82. The average Bonchev–Trinajstić information content (AvgIpc) is 2.79. The van der Waals surface area contributed by atoms with Gasteiger partial charge in [-0.1, -0.05) is 30.9 Å². The highest BCUT2D eigenvalue weighted by molar-refractivity contribution is 7.92. The van der Waals surface area contributed by atoms with Crippen LogP contribution < -0.4 is 14.9 Å². The Hall–Kier alpha value is -3.91. The van der Waals surface area contributed by atoms with Crippen LogP contribution in [0.2, 0.25) is 0 Å². The molecule has 0 bridgehead atoms. The molecule has 2 N–H and O–H groups in total. The highest BCUT2D eigenvalue weighted by atomic mass is 32.2. The van der Waals surface area contributed by atoms with Gasteiger partial charge in [-0.25, -0.2) is 13.8 Å². The van der Waals surface area contributed by atoms with Crippen molar-refractivity contribution in [1.29, 1.82) is 0 Å². The van der Waals surface area contributed by atoms with Crippen molar-refractivity contribution < 1.29 is 17.9 Å². The monoisotopic (exact) mass is 435 g/mol. The first-order chi connectivity index (χ1) is 15.0. The van der Waals surface area contributed by atoms with Crippen molar-refractivity contribution in [3.8, 4) is 5.75 Å². The molecule has 3 aromatic rings. The number of carbonyl (C=O) groups excluding carboxylic acids is 1. The van der Waals surface area contributed by atoms with Gasteiger partial charge in [0, 0.05) is 11.3 Å². The van der Waals surface area contributed by atoms with Crippen LogP contribution in [-0.2, 0) is 10.0 Å². The number of hydrogen-bond donors (Lipinski definition) is 2. The maximum Gasteiger partial charge on any atom is 0.271 e. The lowest BCUT2D eigenvalue weighted by molar-refractivity contribution is 0.0955. The number of nitrogens with one attached hydrogen (secondary N) is 2. The van der Waals surface area contributed by atoms with Crippen LogP contribution in [0.25, 0.3) is 0 Å². The van der Waals surface area contributed by atoms with E-state index in [9.17, 15) is 13.2 Å². The fourth-order valence-electron chi connectivity index (χ4n) is 2.54. The molecule has 0 radical (unpaired) electrons. The second-order valence-corrected chi connectivity index (χ2v) is 8.05. The van der Waals surface area contributed by atoms with Gasteiger partial charge in [-0.2, -0.15) is 5.10 Å². The molecule has 7 nitrogen and oxygen atoms in total. The molecule has 0 aliphatic heterocycles. The minimum atomic E-state index is -3.69. The summed E-state index contributed by atoms with van der Waals surface area (Å²) in [4.78, 5) is 12.4. The SMILES string of the molecule is C=CCOc1ccc(C=NNC(=O)c2ccc(NS(=O)(=O)c3ccccc3)cc2)cc1. The largest absolute Gasteiger partial charge is 0.490 e. The molecule has 0 fully saturated rings. The van der Waals surface area contributed by atoms with Gasteiger partial charge in [0.2, 0.25) is 0 Å². The minimum absolute atomic E-state index is 0.159. The Bertz CT molecular complexity index is 1160. The standard InChI is InChI=1S/C23H21N3O4S/c1-2-16-30-21-14-8-18(9-15-21)17-24-25-23(27)19-10-12-20(13-11-19)26-31(28,29)22-6-4-3-5-7-22/h2-15,17,26H,1,16H2,(H,25,27). The number of benzene rings is 3. The molecule has 0 aliphatic rings. The second kappa shape index (κ2) is 10.2. The topological polar surface area (TPSA) is 96.9 Å². The normalized spacial score (nSPS) is 11.1. The number of rotatable bonds is 9. The van der Waals surface area contributed by atoms with Gasteiger partial charge in [0.05, 0.1) is 11.1 Å². The maximum atomic E-state index is 12.3.